The summed E-state index contributed by atoms with van der Waals surface area (Å²) in [7, 11) is 0. The van der Waals surface area contributed by atoms with Crippen LogP contribution >= 0.6 is 0 Å². The first-order valence-corrected chi connectivity index (χ1v) is 9.15. The molecule has 2 aromatic carbocycles. The number of carbonyl (C=O) groups excluding carboxylic acids is 2. The van der Waals surface area contributed by atoms with Crippen LogP contribution in [0.2, 0.25) is 0 Å². The first-order chi connectivity index (χ1) is 12.9. The molecule has 0 aromatic heterocycles. The van der Waals surface area contributed by atoms with E-state index in [2.05, 4.69) is 0 Å². The molecule has 0 aliphatic heterocycles. The maximum absolute atomic E-state index is 11.6. The molecule has 2 atom stereocenters. The molecule has 0 saturated carbocycles. The Balaban J connectivity index is 0.00000392. The monoisotopic (exact) mass is 414 g/mol. The Bertz CT molecular complexity index is 765. The average Bonchev–Trinajstić information content (AvgIpc) is 2.67. The molecule has 1 N–H and O–H groups in total. The molecule has 2 aromatic rings. The van der Waals surface area contributed by atoms with Gasteiger partial charge in [0.25, 0.3) is 0 Å². The zero-order valence-corrected chi connectivity index (χ0v) is 21.4. The quantitative estimate of drug-likeness (QED) is 0.313. The predicted molar refractivity (Wildman–Crippen MR) is 97.5 cm³/mol. The van der Waals surface area contributed by atoms with E-state index in [0.29, 0.717) is 18.4 Å². The number of rotatable bonds is 10. The molecular weight excluding hydrogens is 390 g/mol. The van der Waals surface area contributed by atoms with E-state index in [-0.39, 0.29) is 77.0 Å². The summed E-state index contributed by atoms with van der Waals surface area (Å²) in [6, 6.07) is 15.4. The van der Waals surface area contributed by atoms with E-state index >= 15 is 0 Å². The molecular formula is C22H24Na2O5. The minimum atomic E-state index is -1.28. The van der Waals surface area contributed by atoms with Crippen molar-refractivity contribution in [2.24, 2.45) is 5.92 Å². The van der Waals surface area contributed by atoms with Crippen molar-refractivity contribution in [3.8, 4) is 0 Å². The number of benzene rings is 2. The Morgan fingerprint density at radius 2 is 1.45 bits per heavy atom. The zero-order chi connectivity index (χ0) is 19.9. The number of carbonyl (C=O) groups is 2. The summed E-state index contributed by atoms with van der Waals surface area (Å²) in [6.07, 6.45) is 2.81. The van der Waals surface area contributed by atoms with Crippen molar-refractivity contribution in [3.63, 3.8) is 0 Å². The first-order valence-electron chi connectivity index (χ1n) is 9.15. The van der Waals surface area contributed by atoms with Crippen molar-refractivity contribution in [2.75, 3.05) is 0 Å². The van der Waals surface area contributed by atoms with Crippen LogP contribution in [0.1, 0.15) is 60.5 Å². The van der Waals surface area contributed by atoms with E-state index in [1.165, 1.54) is 12.1 Å². The number of aliphatic hydroxyl groups is 1. The van der Waals surface area contributed by atoms with E-state index in [9.17, 15) is 24.9 Å². The van der Waals surface area contributed by atoms with Crippen molar-refractivity contribution < 1.29 is 84.0 Å². The van der Waals surface area contributed by atoms with E-state index in [1.54, 1.807) is 12.1 Å². The number of carboxylic acids is 2. The Hall–Kier alpha value is -0.660. The maximum atomic E-state index is 11.6. The fraction of sp³-hybridized carbons (Fsp3) is 0.364. The summed E-state index contributed by atoms with van der Waals surface area (Å²) in [5.74, 6) is -2.46. The van der Waals surface area contributed by atoms with Crippen LogP contribution in [0.5, 0.6) is 0 Å². The third-order valence-corrected chi connectivity index (χ3v) is 5.01. The van der Waals surface area contributed by atoms with Gasteiger partial charge in [-0.05, 0) is 41.9 Å². The number of hydrogen-bond acceptors (Lipinski definition) is 5. The van der Waals surface area contributed by atoms with Crippen LogP contribution < -0.4 is 69.3 Å². The third kappa shape index (κ3) is 7.83. The number of unbranched alkanes of at least 4 members (excludes halogenated alkanes) is 2. The second-order valence-corrected chi connectivity index (χ2v) is 6.87. The van der Waals surface area contributed by atoms with Crippen LogP contribution in [-0.4, -0.2) is 17.0 Å². The van der Waals surface area contributed by atoms with Crippen LogP contribution in [0.3, 0.4) is 0 Å². The zero-order valence-electron chi connectivity index (χ0n) is 17.4. The minimum Gasteiger partial charge on any atom is -0.550 e. The predicted octanol–water partition coefficient (Wildman–Crippen LogP) is -4.37. The van der Waals surface area contributed by atoms with Crippen LogP contribution in [0, 0.1) is 5.92 Å². The molecule has 0 spiro atoms. The Labute approximate surface area is 216 Å². The van der Waals surface area contributed by atoms with Gasteiger partial charge in [-0.25, -0.2) is 0 Å². The van der Waals surface area contributed by atoms with Gasteiger partial charge in [0.2, 0.25) is 0 Å². The Morgan fingerprint density at radius 3 is 1.97 bits per heavy atom. The smallest absolute Gasteiger partial charge is 0.550 e. The van der Waals surface area contributed by atoms with Gasteiger partial charge in [-0.1, -0.05) is 74.4 Å². The molecule has 0 saturated heterocycles. The number of carboxylic acid groups (broad SMARTS) is 2. The molecule has 7 heteroatoms. The molecule has 0 amide bonds. The molecule has 2 rings (SSSR count). The number of aliphatic carboxylic acids is 1. The molecule has 0 heterocycles. The van der Waals surface area contributed by atoms with Crippen molar-refractivity contribution >= 4 is 11.9 Å². The fourth-order valence-electron chi connectivity index (χ4n) is 3.39. The summed E-state index contributed by atoms with van der Waals surface area (Å²) in [5, 5.41) is 33.1. The van der Waals surface area contributed by atoms with Gasteiger partial charge in [0.05, 0.1) is 5.97 Å². The summed E-state index contributed by atoms with van der Waals surface area (Å²) >= 11 is 0. The fourth-order valence-corrected chi connectivity index (χ4v) is 3.39. The van der Waals surface area contributed by atoms with E-state index in [4.69, 9.17) is 0 Å². The van der Waals surface area contributed by atoms with E-state index in [1.807, 2.05) is 37.3 Å². The van der Waals surface area contributed by atoms with Gasteiger partial charge in [-0.2, -0.15) is 0 Å². The second-order valence-electron chi connectivity index (χ2n) is 6.87. The topological polar surface area (TPSA) is 100 Å². The van der Waals surface area contributed by atoms with Crippen LogP contribution in [0.25, 0.3) is 0 Å². The van der Waals surface area contributed by atoms with Gasteiger partial charge in [-0.3, -0.25) is 0 Å². The molecule has 0 bridgehead atoms. The van der Waals surface area contributed by atoms with Gasteiger partial charge in [0.1, 0.15) is 5.60 Å². The normalized spacial score (nSPS) is 13.3. The number of aromatic carboxylic acids is 1. The van der Waals surface area contributed by atoms with Gasteiger partial charge in [0.15, 0.2) is 0 Å². The first kappa shape index (κ1) is 28.3. The Morgan fingerprint density at radius 1 is 0.897 bits per heavy atom. The van der Waals surface area contributed by atoms with Crippen molar-refractivity contribution in [1.29, 1.82) is 0 Å². The van der Waals surface area contributed by atoms with Gasteiger partial charge < -0.3 is 24.9 Å². The molecule has 0 aliphatic carbocycles. The summed E-state index contributed by atoms with van der Waals surface area (Å²) in [6.45, 7) is 1.94. The minimum absolute atomic E-state index is 0. The Kier molecular flexibility index (Phi) is 13.3. The van der Waals surface area contributed by atoms with Crippen molar-refractivity contribution in [3.05, 3.63) is 71.3 Å². The number of hydrogen-bond donors (Lipinski definition) is 1. The van der Waals surface area contributed by atoms with Crippen molar-refractivity contribution in [1.82, 2.24) is 0 Å². The third-order valence-electron chi connectivity index (χ3n) is 5.01. The van der Waals surface area contributed by atoms with Crippen LogP contribution in [0.15, 0.2) is 54.6 Å². The molecule has 2 unspecified atom stereocenters. The van der Waals surface area contributed by atoms with Gasteiger partial charge in [0, 0.05) is 5.97 Å². The van der Waals surface area contributed by atoms with Gasteiger partial charge in [-0.15, -0.1) is 0 Å². The largest absolute Gasteiger partial charge is 1.00 e. The maximum Gasteiger partial charge on any atom is 1.00 e. The summed E-state index contributed by atoms with van der Waals surface area (Å²) < 4.78 is 0. The molecule has 5 nitrogen and oxygen atoms in total. The van der Waals surface area contributed by atoms with E-state index in [0.717, 1.165) is 18.4 Å². The summed E-state index contributed by atoms with van der Waals surface area (Å²) in [5.41, 5.74) is 0.124. The second kappa shape index (κ2) is 13.6. The molecule has 0 aliphatic rings. The van der Waals surface area contributed by atoms with Gasteiger partial charge >= 0.3 is 59.1 Å². The molecule has 144 valence electrons. The molecule has 29 heavy (non-hydrogen) atoms. The van der Waals surface area contributed by atoms with Crippen LogP contribution in [-0.2, 0) is 10.4 Å². The van der Waals surface area contributed by atoms with Crippen molar-refractivity contribution in [2.45, 2.75) is 44.6 Å². The molecule has 0 fully saturated rings. The average molecular weight is 414 g/mol. The SMILES string of the molecule is CC(CCCCCC(=O)[O-])C(O)(c1ccccc1)c1ccc(C(=O)[O-])cc1.[Na+].[Na+]. The summed E-state index contributed by atoms with van der Waals surface area (Å²) in [4.78, 5) is 21.5. The van der Waals surface area contributed by atoms with E-state index < -0.39 is 17.5 Å². The molecule has 0 radical (unpaired) electrons. The standard InChI is InChI=1S/C22H26O5.2Na/c1-16(8-4-2-7-11-20(23)24)22(27,18-9-5-3-6-10-18)19-14-12-17(13-15-19)21(25)26;;/h3,5-6,9-10,12-16,27H,2,4,7-8,11H2,1H3,(H,23,24)(H,25,26);;/q;2*+1/p-2. The van der Waals surface area contributed by atoms with Crippen LogP contribution in [0.4, 0.5) is 0 Å².